The molecule has 1 N–H and O–H groups in total. The van der Waals surface area contributed by atoms with Crippen molar-refractivity contribution in [2.45, 2.75) is 50.2 Å². The third kappa shape index (κ3) is 5.29. The van der Waals surface area contributed by atoms with Crippen molar-refractivity contribution in [2.24, 2.45) is 5.92 Å². The van der Waals surface area contributed by atoms with Gasteiger partial charge >= 0.3 is 0 Å². The average molecular weight is 378 g/mol. The van der Waals surface area contributed by atoms with Crippen LogP contribution in [-0.2, 0) is 11.5 Å². The van der Waals surface area contributed by atoms with Crippen LogP contribution in [0.2, 0.25) is 5.02 Å². The lowest BCUT2D eigenvalue weighted by Gasteiger charge is -2.29. The maximum absolute atomic E-state index is 12.4. The van der Waals surface area contributed by atoms with Crippen LogP contribution < -0.4 is 5.32 Å². The minimum absolute atomic E-state index is 0.0927. The predicted octanol–water partition coefficient (Wildman–Crippen LogP) is 5.67. The Balaban J connectivity index is 1.49. The summed E-state index contributed by atoms with van der Waals surface area (Å²) in [5.41, 5.74) is 1.19. The highest BCUT2D eigenvalue weighted by Crippen LogP contribution is 2.25. The van der Waals surface area contributed by atoms with E-state index in [4.69, 9.17) is 16.0 Å². The first kappa shape index (κ1) is 18.4. The van der Waals surface area contributed by atoms with Crippen LogP contribution in [0.25, 0.3) is 0 Å². The standard InChI is InChI=1S/C20H24ClNO2S/c1-14-5-2-3-8-18(14)22-20(23)19-10-9-17(24-19)13-25-12-15-6-4-7-16(21)11-15/h4,6-7,9-11,14,18H,2-3,5,8,12-13H2,1H3,(H,22,23). The fourth-order valence-corrected chi connectivity index (χ4v) is 4.33. The maximum Gasteiger partial charge on any atom is 0.287 e. The summed E-state index contributed by atoms with van der Waals surface area (Å²) in [6.07, 6.45) is 4.71. The molecule has 1 aliphatic carbocycles. The van der Waals surface area contributed by atoms with E-state index in [1.54, 1.807) is 17.8 Å². The van der Waals surface area contributed by atoms with E-state index < -0.39 is 0 Å². The Labute approximate surface area is 158 Å². The molecule has 1 amide bonds. The molecule has 0 bridgehead atoms. The van der Waals surface area contributed by atoms with Gasteiger partial charge in [-0.25, -0.2) is 0 Å². The molecule has 5 heteroatoms. The Kier molecular flexibility index (Phi) is 6.49. The third-order valence-corrected chi connectivity index (χ3v) is 5.98. The van der Waals surface area contributed by atoms with Gasteiger partial charge in [0.15, 0.2) is 5.76 Å². The third-order valence-electron chi connectivity index (χ3n) is 4.72. The zero-order valence-corrected chi connectivity index (χ0v) is 16.0. The summed E-state index contributed by atoms with van der Waals surface area (Å²) >= 11 is 7.74. The zero-order valence-electron chi connectivity index (χ0n) is 14.5. The van der Waals surface area contributed by atoms with Gasteiger partial charge in [0.2, 0.25) is 0 Å². The second-order valence-corrected chi connectivity index (χ2v) is 8.15. The first-order valence-electron chi connectivity index (χ1n) is 8.83. The molecule has 1 saturated carbocycles. The van der Waals surface area contributed by atoms with E-state index in [-0.39, 0.29) is 11.9 Å². The Bertz CT molecular complexity index is 715. The van der Waals surface area contributed by atoms with Gasteiger partial charge in [-0.3, -0.25) is 4.79 Å². The van der Waals surface area contributed by atoms with Gasteiger partial charge in [-0.2, -0.15) is 0 Å². The van der Waals surface area contributed by atoms with Crippen LogP contribution in [0.5, 0.6) is 0 Å². The van der Waals surface area contributed by atoms with E-state index in [2.05, 4.69) is 18.3 Å². The van der Waals surface area contributed by atoms with E-state index >= 15 is 0 Å². The number of furan rings is 1. The van der Waals surface area contributed by atoms with Crippen molar-refractivity contribution in [3.05, 3.63) is 58.5 Å². The monoisotopic (exact) mass is 377 g/mol. The molecule has 1 aromatic heterocycles. The highest BCUT2D eigenvalue weighted by molar-refractivity contribution is 7.97. The van der Waals surface area contributed by atoms with Crippen molar-refractivity contribution in [2.75, 3.05) is 0 Å². The number of carbonyl (C=O) groups is 1. The minimum Gasteiger partial charge on any atom is -0.455 e. The lowest BCUT2D eigenvalue weighted by atomic mass is 9.86. The molecule has 1 aromatic carbocycles. The van der Waals surface area contributed by atoms with E-state index in [0.717, 1.165) is 28.7 Å². The highest BCUT2D eigenvalue weighted by Gasteiger charge is 2.24. The smallest absolute Gasteiger partial charge is 0.287 e. The van der Waals surface area contributed by atoms with Gasteiger partial charge in [-0.05, 0) is 48.6 Å². The zero-order chi connectivity index (χ0) is 17.6. The van der Waals surface area contributed by atoms with Gasteiger partial charge in [0.1, 0.15) is 5.76 Å². The number of amides is 1. The Hall–Kier alpha value is -1.39. The van der Waals surface area contributed by atoms with E-state index in [1.165, 1.54) is 24.8 Å². The van der Waals surface area contributed by atoms with E-state index in [9.17, 15) is 4.79 Å². The molecule has 134 valence electrons. The summed E-state index contributed by atoms with van der Waals surface area (Å²) in [5.74, 6) is 3.29. The molecule has 1 aliphatic rings. The number of hydrogen-bond acceptors (Lipinski definition) is 3. The number of benzene rings is 1. The number of carbonyl (C=O) groups excluding carboxylic acids is 1. The molecule has 2 unspecified atom stereocenters. The second-order valence-electron chi connectivity index (χ2n) is 6.73. The van der Waals surface area contributed by atoms with Crippen LogP contribution in [0.4, 0.5) is 0 Å². The lowest BCUT2D eigenvalue weighted by molar-refractivity contribution is 0.0880. The van der Waals surface area contributed by atoms with Crippen LogP contribution in [0.1, 0.15) is 54.5 Å². The molecule has 3 rings (SSSR count). The molecule has 1 heterocycles. The Morgan fingerprint density at radius 1 is 1.24 bits per heavy atom. The van der Waals surface area contributed by atoms with Crippen LogP contribution in [-0.4, -0.2) is 11.9 Å². The maximum atomic E-state index is 12.4. The SMILES string of the molecule is CC1CCCCC1NC(=O)c1ccc(CSCc2cccc(Cl)c2)o1. The van der Waals surface area contributed by atoms with Crippen molar-refractivity contribution >= 4 is 29.3 Å². The molecule has 2 atom stereocenters. The van der Waals surface area contributed by atoms with Gasteiger partial charge in [-0.15, -0.1) is 11.8 Å². The summed E-state index contributed by atoms with van der Waals surface area (Å²) in [5, 5.41) is 3.89. The molecule has 25 heavy (non-hydrogen) atoms. The number of rotatable bonds is 6. The molecular formula is C20H24ClNO2S. The minimum atomic E-state index is -0.0927. The number of hydrogen-bond donors (Lipinski definition) is 1. The van der Waals surface area contributed by atoms with Crippen molar-refractivity contribution in [1.82, 2.24) is 5.32 Å². The largest absolute Gasteiger partial charge is 0.455 e. The topological polar surface area (TPSA) is 42.2 Å². The summed E-state index contributed by atoms with van der Waals surface area (Å²) in [7, 11) is 0. The molecule has 2 aromatic rings. The Morgan fingerprint density at radius 2 is 2.08 bits per heavy atom. The molecule has 0 spiro atoms. The Morgan fingerprint density at radius 3 is 2.88 bits per heavy atom. The summed E-state index contributed by atoms with van der Waals surface area (Å²) in [4.78, 5) is 12.4. The van der Waals surface area contributed by atoms with Crippen LogP contribution in [0, 0.1) is 5.92 Å². The average Bonchev–Trinajstić information content (AvgIpc) is 3.06. The van der Waals surface area contributed by atoms with Crippen LogP contribution >= 0.6 is 23.4 Å². The predicted molar refractivity (Wildman–Crippen MR) is 104 cm³/mol. The van der Waals surface area contributed by atoms with Gasteiger partial charge in [-0.1, -0.05) is 43.5 Å². The number of halogens is 1. The molecule has 3 nitrogen and oxygen atoms in total. The molecule has 0 aliphatic heterocycles. The quantitative estimate of drug-likeness (QED) is 0.704. The summed E-state index contributed by atoms with van der Waals surface area (Å²) < 4.78 is 5.72. The van der Waals surface area contributed by atoms with Gasteiger partial charge in [0.05, 0.1) is 5.75 Å². The molecule has 0 saturated heterocycles. The van der Waals surface area contributed by atoms with Gasteiger partial charge in [0.25, 0.3) is 5.91 Å². The van der Waals surface area contributed by atoms with Crippen molar-refractivity contribution in [3.8, 4) is 0 Å². The lowest BCUT2D eigenvalue weighted by Crippen LogP contribution is -2.40. The van der Waals surface area contributed by atoms with Crippen LogP contribution in [0.15, 0.2) is 40.8 Å². The highest BCUT2D eigenvalue weighted by atomic mass is 35.5. The fraction of sp³-hybridized carbons (Fsp3) is 0.450. The van der Waals surface area contributed by atoms with Gasteiger partial charge in [0, 0.05) is 16.8 Å². The first-order chi connectivity index (χ1) is 12.1. The van der Waals surface area contributed by atoms with E-state index in [1.807, 2.05) is 24.3 Å². The van der Waals surface area contributed by atoms with Crippen LogP contribution in [0.3, 0.4) is 0 Å². The molecule has 0 radical (unpaired) electrons. The summed E-state index contributed by atoms with van der Waals surface area (Å²) in [6.45, 7) is 2.21. The molecular weight excluding hydrogens is 354 g/mol. The summed E-state index contributed by atoms with van der Waals surface area (Å²) in [6, 6.07) is 11.8. The number of nitrogens with one attached hydrogen (secondary N) is 1. The van der Waals surface area contributed by atoms with Crippen molar-refractivity contribution < 1.29 is 9.21 Å². The fourth-order valence-electron chi connectivity index (χ4n) is 3.24. The van der Waals surface area contributed by atoms with Gasteiger partial charge < -0.3 is 9.73 Å². The van der Waals surface area contributed by atoms with E-state index in [0.29, 0.717) is 11.7 Å². The van der Waals surface area contributed by atoms with Crippen molar-refractivity contribution in [3.63, 3.8) is 0 Å². The van der Waals surface area contributed by atoms with Crippen molar-refractivity contribution in [1.29, 1.82) is 0 Å². The number of thioether (sulfide) groups is 1. The normalized spacial score (nSPS) is 20.4. The second kappa shape index (κ2) is 8.81. The first-order valence-corrected chi connectivity index (χ1v) is 10.4. The molecule has 1 fully saturated rings.